The van der Waals surface area contributed by atoms with Crippen LogP contribution in [-0.2, 0) is 4.74 Å². The molecule has 2 fully saturated rings. The van der Waals surface area contributed by atoms with Crippen LogP contribution in [0.4, 0.5) is 4.79 Å². The fourth-order valence-electron chi connectivity index (χ4n) is 4.93. The summed E-state index contributed by atoms with van der Waals surface area (Å²) in [5.41, 5.74) is 0.758. The van der Waals surface area contributed by atoms with Gasteiger partial charge in [0.1, 0.15) is 11.4 Å². The lowest BCUT2D eigenvalue weighted by Crippen LogP contribution is -2.61. The standard InChI is InChI=1S/C22H30BrN3O3/c1-14-10-22(12-25(13-22)20(27)29-21(2,3)4)7-6-18(14)26-11-15-8-16(23)19(28-5)9-17(15)24-26/h8-9,11,14,18H,6-7,10,12-13H2,1-5H3/t14-,18+/m0/s1. The number of hydrogen-bond donors (Lipinski definition) is 0. The summed E-state index contributed by atoms with van der Waals surface area (Å²) in [5, 5.41) is 5.96. The largest absolute Gasteiger partial charge is 0.495 e. The number of carbonyl (C=O) groups is 1. The molecule has 6 nitrogen and oxygen atoms in total. The van der Waals surface area contributed by atoms with Gasteiger partial charge in [-0.05, 0) is 67.9 Å². The number of methoxy groups -OCH3 is 1. The molecule has 1 saturated carbocycles. The highest BCUT2D eigenvalue weighted by Gasteiger charge is 2.50. The fraction of sp³-hybridized carbons (Fsp3) is 0.636. The number of hydrogen-bond acceptors (Lipinski definition) is 4. The first kappa shape index (κ1) is 20.5. The first-order valence-corrected chi connectivity index (χ1v) is 11.1. The van der Waals surface area contributed by atoms with Gasteiger partial charge in [-0.15, -0.1) is 0 Å². The quantitative estimate of drug-likeness (QED) is 0.597. The Kier molecular flexibility index (Phi) is 5.08. The average molecular weight is 464 g/mol. The molecule has 2 atom stereocenters. The van der Waals surface area contributed by atoms with Crippen molar-refractivity contribution in [1.29, 1.82) is 0 Å². The summed E-state index contributed by atoms with van der Waals surface area (Å²) in [6.07, 6.45) is 5.27. The van der Waals surface area contributed by atoms with Crippen LogP contribution in [0.2, 0.25) is 0 Å². The van der Waals surface area contributed by atoms with Crippen LogP contribution in [0.1, 0.15) is 53.0 Å². The van der Waals surface area contributed by atoms with E-state index in [-0.39, 0.29) is 11.5 Å². The van der Waals surface area contributed by atoms with Crippen molar-refractivity contribution in [2.24, 2.45) is 11.3 Å². The summed E-state index contributed by atoms with van der Waals surface area (Å²) in [7, 11) is 1.67. The minimum Gasteiger partial charge on any atom is -0.495 e. The van der Waals surface area contributed by atoms with Crippen LogP contribution >= 0.6 is 15.9 Å². The van der Waals surface area contributed by atoms with E-state index < -0.39 is 5.60 Å². The summed E-state index contributed by atoms with van der Waals surface area (Å²) in [4.78, 5) is 14.1. The molecule has 1 aromatic carbocycles. The molecule has 4 rings (SSSR count). The number of carbonyl (C=O) groups excluding carboxylic acids is 1. The normalized spacial score (nSPS) is 23.9. The highest BCUT2D eigenvalue weighted by Crippen LogP contribution is 2.49. The minimum atomic E-state index is -0.440. The van der Waals surface area contributed by atoms with Crippen molar-refractivity contribution in [3.8, 4) is 5.75 Å². The Bertz CT molecular complexity index is 927. The van der Waals surface area contributed by atoms with Gasteiger partial charge in [0.2, 0.25) is 0 Å². The van der Waals surface area contributed by atoms with Crippen LogP contribution in [0.3, 0.4) is 0 Å². The predicted octanol–water partition coefficient (Wildman–Crippen LogP) is 5.41. The predicted molar refractivity (Wildman–Crippen MR) is 116 cm³/mol. The lowest BCUT2D eigenvalue weighted by Gasteiger charge is -2.54. The lowest BCUT2D eigenvalue weighted by atomic mass is 9.64. The van der Waals surface area contributed by atoms with Crippen LogP contribution in [0.15, 0.2) is 22.8 Å². The molecule has 1 saturated heterocycles. The topological polar surface area (TPSA) is 56.6 Å². The molecule has 7 heteroatoms. The number of amides is 1. The van der Waals surface area contributed by atoms with Gasteiger partial charge >= 0.3 is 6.09 Å². The number of aromatic nitrogens is 2. The zero-order chi connectivity index (χ0) is 21.0. The van der Waals surface area contributed by atoms with E-state index >= 15 is 0 Å². The molecule has 1 amide bonds. The molecule has 29 heavy (non-hydrogen) atoms. The zero-order valence-electron chi connectivity index (χ0n) is 17.9. The van der Waals surface area contributed by atoms with Gasteiger partial charge in [0.05, 0.1) is 23.1 Å². The van der Waals surface area contributed by atoms with Crippen molar-refractivity contribution in [3.63, 3.8) is 0 Å². The molecule has 1 spiro atoms. The first-order chi connectivity index (χ1) is 13.6. The number of nitrogens with zero attached hydrogens (tertiary/aromatic N) is 3. The third-order valence-electron chi connectivity index (χ3n) is 6.22. The maximum atomic E-state index is 12.3. The molecule has 0 bridgehead atoms. The third kappa shape index (κ3) is 3.98. The van der Waals surface area contributed by atoms with E-state index in [1.165, 1.54) is 0 Å². The fourth-order valence-corrected chi connectivity index (χ4v) is 5.45. The Morgan fingerprint density at radius 2 is 2.03 bits per heavy atom. The molecular weight excluding hydrogens is 434 g/mol. The van der Waals surface area contributed by atoms with Gasteiger partial charge in [0, 0.05) is 36.2 Å². The summed E-state index contributed by atoms with van der Waals surface area (Å²) in [6.45, 7) is 9.67. The zero-order valence-corrected chi connectivity index (χ0v) is 19.5. The first-order valence-electron chi connectivity index (χ1n) is 10.3. The molecule has 2 heterocycles. The van der Waals surface area contributed by atoms with Gasteiger partial charge in [-0.1, -0.05) is 6.92 Å². The minimum absolute atomic E-state index is 0.184. The Balaban J connectivity index is 1.43. The number of ether oxygens (including phenoxy) is 2. The number of rotatable bonds is 2. The van der Waals surface area contributed by atoms with Gasteiger partial charge in [-0.25, -0.2) is 4.79 Å². The molecular formula is C22H30BrN3O3. The number of likely N-dealkylation sites (tertiary alicyclic amines) is 1. The van der Waals surface area contributed by atoms with Crippen LogP contribution in [-0.4, -0.2) is 46.6 Å². The van der Waals surface area contributed by atoms with Gasteiger partial charge < -0.3 is 14.4 Å². The molecule has 0 N–H and O–H groups in total. The molecule has 1 aromatic heterocycles. The Hall–Kier alpha value is -1.76. The van der Waals surface area contributed by atoms with Crippen LogP contribution in [0.25, 0.3) is 10.9 Å². The van der Waals surface area contributed by atoms with Gasteiger partial charge in [0.15, 0.2) is 0 Å². The SMILES string of the molecule is COc1cc2nn([C@@H]3CCC4(C[C@@H]3C)CN(C(=O)OC(C)(C)C)C4)cc2cc1Br. The van der Waals surface area contributed by atoms with E-state index in [9.17, 15) is 4.79 Å². The van der Waals surface area contributed by atoms with Crippen molar-refractivity contribution >= 4 is 32.9 Å². The molecule has 1 aliphatic carbocycles. The summed E-state index contributed by atoms with van der Waals surface area (Å²) in [6, 6.07) is 4.43. The third-order valence-corrected chi connectivity index (χ3v) is 6.84. The number of fused-ring (bicyclic) bond motifs is 1. The van der Waals surface area contributed by atoms with Crippen molar-refractivity contribution in [3.05, 3.63) is 22.8 Å². The van der Waals surface area contributed by atoms with Crippen molar-refractivity contribution in [2.75, 3.05) is 20.2 Å². The van der Waals surface area contributed by atoms with E-state index in [4.69, 9.17) is 14.6 Å². The molecule has 0 radical (unpaired) electrons. The van der Waals surface area contributed by atoms with Crippen molar-refractivity contribution in [2.45, 2.75) is 58.6 Å². The molecule has 2 aromatic rings. The van der Waals surface area contributed by atoms with Crippen LogP contribution in [0, 0.1) is 11.3 Å². The lowest BCUT2D eigenvalue weighted by molar-refractivity contribution is -0.0648. The number of benzene rings is 1. The monoisotopic (exact) mass is 463 g/mol. The van der Waals surface area contributed by atoms with E-state index in [0.29, 0.717) is 12.0 Å². The molecule has 2 aliphatic rings. The van der Waals surface area contributed by atoms with E-state index in [1.807, 2.05) is 31.7 Å². The highest BCUT2D eigenvalue weighted by molar-refractivity contribution is 9.10. The maximum absolute atomic E-state index is 12.3. The Labute approximate surface area is 180 Å². The summed E-state index contributed by atoms with van der Waals surface area (Å²) >= 11 is 3.56. The van der Waals surface area contributed by atoms with Crippen LogP contribution < -0.4 is 4.74 Å². The Morgan fingerprint density at radius 3 is 2.66 bits per heavy atom. The van der Waals surface area contributed by atoms with Gasteiger partial charge in [-0.2, -0.15) is 5.10 Å². The highest BCUT2D eigenvalue weighted by atomic mass is 79.9. The Morgan fingerprint density at radius 1 is 1.31 bits per heavy atom. The van der Waals surface area contributed by atoms with Crippen molar-refractivity contribution in [1.82, 2.24) is 14.7 Å². The summed E-state index contributed by atoms with van der Waals surface area (Å²) < 4.78 is 14.0. The second-order valence-corrected chi connectivity index (χ2v) is 10.6. The number of halogens is 1. The average Bonchev–Trinajstić information content (AvgIpc) is 2.99. The van der Waals surface area contributed by atoms with E-state index in [0.717, 1.165) is 53.5 Å². The van der Waals surface area contributed by atoms with Crippen LogP contribution in [0.5, 0.6) is 5.75 Å². The second-order valence-electron chi connectivity index (χ2n) is 9.78. The molecule has 158 valence electrons. The molecule has 1 aliphatic heterocycles. The van der Waals surface area contributed by atoms with E-state index in [2.05, 4.69) is 39.8 Å². The summed E-state index contributed by atoms with van der Waals surface area (Å²) in [5.74, 6) is 1.30. The van der Waals surface area contributed by atoms with Gasteiger partial charge in [-0.3, -0.25) is 4.68 Å². The van der Waals surface area contributed by atoms with Gasteiger partial charge in [0.25, 0.3) is 0 Å². The molecule has 0 unspecified atom stereocenters. The second kappa shape index (κ2) is 7.18. The smallest absolute Gasteiger partial charge is 0.410 e. The van der Waals surface area contributed by atoms with Crippen molar-refractivity contribution < 1.29 is 14.3 Å². The maximum Gasteiger partial charge on any atom is 0.410 e. The van der Waals surface area contributed by atoms with E-state index in [1.54, 1.807) is 7.11 Å².